The average Bonchev–Trinajstić information content (AvgIpc) is 2.74. The van der Waals surface area contributed by atoms with Crippen LogP contribution in [-0.4, -0.2) is 31.7 Å². The summed E-state index contributed by atoms with van der Waals surface area (Å²) in [6, 6.07) is 17.5. The minimum atomic E-state index is -3.37. The van der Waals surface area contributed by atoms with E-state index < -0.39 is 10.0 Å². The zero-order chi connectivity index (χ0) is 20.9. The maximum absolute atomic E-state index is 12.8. The molecule has 0 aliphatic carbocycles. The zero-order valence-corrected chi connectivity index (χ0v) is 18.0. The minimum Gasteiger partial charge on any atom is -0.349 e. The zero-order valence-electron chi connectivity index (χ0n) is 17.2. The van der Waals surface area contributed by atoms with Gasteiger partial charge in [-0.1, -0.05) is 67.1 Å². The van der Waals surface area contributed by atoms with Crippen molar-refractivity contribution in [1.82, 2.24) is 9.62 Å². The van der Waals surface area contributed by atoms with Crippen LogP contribution in [0.2, 0.25) is 0 Å². The molecule has 0 unspecified atom stereocenters. The summed E-state index contributed by atoms with van der Waals surface area (Å²) in [5.74, 6) is -0.106. The van der Waals surface area contributed by atoms with Crippen molar-refractivity contribution in [2.45, 2.75) is 44.9 Å². The Morgan fingerprint density at radius 3 is 2.28 bits per heavy atom. The summed E-state index contributed by atoms with van der Waals surface area (Å²) in [7, 11) is -3.37. The summed E-state index contributed by atoms with van der Waals surface area (Å²) in [6.07, 6.45) is 1.94. The maximum Gasteiger partial charge on any atom is 0.223 e. The molecule has 6 heteroatoms. The van der Waals surface area contributed by atoms with Crippen LogP contribution in [0.25, 0.3) is 0 Å². The Morgan fingerprint density at radius 1 is 1.07 bits per heavy atom. The quantitative estimate of drug-likeness (QED) is 0.749. The lowest BCUT2D eigenvalue weighted by atomic mass is 9.96. The number of nitrogens with zero attached hydrogens (tertiary/aromatic N) is 1. The highest BCUT2D eigenvalue weighted by atomic mass is 32.2. The number of rotatable bonds is 7. The first-order valence-corrected chi connectivity index (χ1v) is 11.9. The first-order chi connectivity index (χ1) is 13.9. The predicted molar refractivity (Wildman–Crippen MR) is 116 cm³/mol. The molecule has 0 saturated carbocycles. The number of hydrogen-bond acceptors (Lipinski definition) is 3. The number of benzene rings is 2. The number of piperidine rings is 1. The van der Waals surface area contributed by atoms with E-state index in [1.54, 1.807) is 0 Å². The molecule has 3 rings (SSSR count). The first kappa shape index (κ1) is 21.5. The molecule has 0 spiro atoms. The fourth-order valence-corrected chi connectivity index (χ4v) is 5.34. The predicted octanol–water partition coefficient (Wildman–Crippen LogP) is 3.80. The number of amides is 1. The van der Waals surface area contributed by atoms with E-state index in [1.165, 1.54) is 4.31 Å². The molecule has 1 fully saturated rings. The standard InChI is InChI=1S/C23H30N2O3S/c1-3-22(20-7-5-4-6-8-20)24-23(26)21-13-15-25(16-14-21)29(27,28)17-19-11-9-18(2)10-12-19/h4-12,21-22H,3,13-17H2,1-2H3,(H,24,26)/t22-/m1/s1. The van der Waals surface area contributed by atoms with Crippen molar-refractivity contribution in [2.24, 2.45) is 5.92 Å². The summed E-state index contributed by atoms with van der Waals surface area (Å²) in [6.45, 7) is 4.83. The van der Waals surface area contributed by atoms with Crippen LogP contribution in [0, 0.1) is 12.8 Å². The van der Waals surface area contributed by atoms with Gasteiger partial charge >= 0.3 is 0 Å². The molecular weight excluding hydrogens is 384 g/mol. The van der Waals surface area contributed by atoms with Crippen molar-refractivity contribution in [1.29, 1.82) is 0 Å². The number of sulfonamides is 1. The van der Waals surface area contributed by atoms with Gasteiger partial charge in [0.1, 0.15) is 0 Å². The lowest BCUT2D eigenvalue weighted by Gasteiger charge is -2.31. The number of nitrogens with one attached hydrogen (secondary N) is 1. The normalized spacial score (nSPS) is 17.0. The Balaban J connectivity index is 1.55. The van der Waals surface area contributed by atoms with Crippen LogP contribution < -0.4 is 5.32 Å². The van der Waals surface area contributed by atoms with E-state index in [0.29, 0.717) is 25.9 Å². The van der Waals surface area contributed by atoms with Gasteiger partial charge < -0.3 is 5.32 Å². The van der Waals surface area contributed by atoms with Gasteiger partial charge in [-0.3, -0.25) is 4.79 Å². The highest BCUT2D eigenvalue weighted by Gasteiger charge is 2.31. The molecule has 1 aliphatic rings. The molecule has 1 atom stereocenters. The molecule has 1 N–H and O–H groups in total. The van der Waals surface area contributed by atoms with Crippen molar-refractivity contribution in [3.8, 4) is 0 Å². The molecule has 0 radical (unpaired) electrons. The number of aryl methyl sites for hydroxylation is 1. The highest BCUT2D eigenvalue weighted by Crippen LogP contribution is 2.24. The average molecular weight is 415 g/mol. The largest absolute Gasteiger partial charge is 0.349 e. The van der Waals surface area contributed by atoms with E-state index in [1.807, 2.05) is 61.5 Å². The Hall–Kier alpha value is -2.18. The second kappa shape index (κ2) is 9.55. The van der Waals surface area contributed by atoms with E-state index in [-0.39, 0.29) is 23.6 Å². The lowest BCUT2D eigenvalue weighted by molar-refractivity contribution is -0.126. The summed E-state index contributed by atoms with van der Waals surface area (Å²) in [4.78, 5) is 12.7. The Bertz CT molecular complexity index is 903. The fourth-order valence-electron chi connectivity index (χ4n) is 3.78. The van der Waals surface area contributed by atoms with Gasteiger partial charge in [-0.15, -0.1) is 0 Å². The third-order valence-electron chi connectivity index (χ3n) is 5.61. The molecule has 2 aromatic rings. The van der Waals surface area contributed by atoms with E-state index in [0.717, 1.165) is 23.1 Å². The van der Waals surface area contributed by atoms with Gasteiger partial charge in [0.05, 0.1) is 11.8 Å². The third-order valence-corrected chi connectivity index (χ3v) is 7.46. The van der Waals surface area contributed by atoms with Crippen LogP contribution in [0.1, 0.15) is 48.9 Å². The summed E-state index contributed by atoms with van der Waals surface area (Å²) in [5.41, 5.74) is 3.00. The molecule has 0 aromatic heterocycles. The van der Waals surface area contributed by atoms with Gasteiger partial charge in [0.2, 0.25) is 15.9 Å². The van der Waals surface area contributed by atoms with E-state index in [9.17, 15) is 13.2 Å². The van der Waals surface area contributed by atoms with Crippen molar-refractivity contribution in [3.05, 3.63) is 71.3 Å². The Labute approximate surface area is 174 Å². The number of hydrogen-bond donors (Lipinski definition) is 1. The van der Waals surface area contributed by atoms with Crippen LogP contribution in [0.15, 0.2) is 54.6 Å². The Kier molecular flexibility index (Phi) is 7.09. The molecule has 5 nitrogen and oxygen atoms in total. The van der Waals surface area contributed by atoms with E-state index in [2.05, 4.69) is 12.2 Å². The van der Waals surface area contributed by atoms with E-state index in [4.69, 9.17) is 0 Å². The van der Waals surface area contributed by atoms with Gasteiger partial charge in [0, 0.05) is 19.0 Å². The van der Waals surface area contributed by atoms with Gasteiger partial charge in [-0.25, -0.2) is 12.7 Å². The summed E-state index contributed by atoms with van der Waals surface area (Å²) >= 11 is 0. The fraction of sp³-hybridized carbons (Fsp3) is 0.435. The van der Waals surface area contributed by atoms with E-state index >= 15 is 0 Å². The molecule has 0 bridgehead atoms. The summed E-state index contributed by atoms with van der Waals surface area (Å²) in [5, 5.41) is 3.14. The van der Waals surface area contributed by atoms with Crippen LogP contribution in [0.3, 0.4) is 0 Å². The second-order valence-electron chi connectivity index (χ2n) is 7.80. The molecule has 29 heavy (non-hydrogen) atoms. The molecule has 1 saturated heterocycles. The van der Waals surface area contributed by atoms with Crippen LogP contribution in [0.5, 0.6) is 0 Å². The highest BCUT2D eigenvalue weighted by molar-refractivity contribution is 7.88. The van der Waals surface area contributed by atoms with Crippen LogP contribution >= 0.6 is 0 Å². The SMILES string of the molecule is CC[C@@H](NC(=O)C1CCN(S(=O)(=O)Cc2ccc(C)cc2)CC1)c1ccccc1. The smallest absolute Gasteiger partial charge is 0.223 e. The molecule has 1 aliphatic heterocycles. The number of carbonyl (C=O) groups excluding carboxylic acids is 1. The second-order valence-corrected chi connectivity index (χ2v) is 9.76. The summed E-state index contributed by atoms with van der Waals surface area (Å²) < 4.78 is 27.0. The molecule has 156 valence electrons. The maximum atomic E-state index is 12.8. The molecule has 1 heterocycles. The van der Waals surface area contributed by atoms with Crippen molar-refractivity contribution < 1.29 is 13.2 Å². The van der Waals surface area contributed by atoms with Crippen molar-refractivity contribution in [2.75, 3.05) is 13.1 Å². The molecule has 2 aromatic carbocycles. The molecular formula is C23H30N2O3S. The van der Waals surface area contributed by atoms with Crippen molar-refractivity contribution in [3.63, 3.8) is 0 Å². The van der Waals surface area contributed by atoms with Crippen LogP contribution in [-0.2, 0) is 20.6 Å². The van der Waals surface area contributed by atoms with Crippen molar-refractivity contribution >= 4 is 15.9 Å². The van der Waals surface area contributed by atoms with Gasteiger partial charge in [0.25, 0.3) is 0 Å². The van der Waals surface area contributed by atoms with Gasteiger partial charge in [-0.05, 0) is 37.3 Å². The number of carbonyl (C=O) groups is 1. The van der Waals surface area contributed by atoms with Gasteiger partial charge in [-0.2, -0.15) is 0 Å². The third kappa shape index (κ3) is 5.67. The van der Waals surface area contributed by atoms with Gasteiger partial charge in [0.15, 0.2) is 0 Å². The first-order valence-electron chi connectivity index (χ1n) is 10.3. The topological polar surface area (TPSA) is 66.5 Å². The monoisotopic (exact) mass is 414 g/mol. The molecule has 1 amide bonds. The Morgan fingerprint density at radius 2 is 1.69 bits per heavy atom. The van der Waals surface area contributed by atoms with Crippen LogP contribution in [0.4, 0.5) is 0 Å². The minimum absolute atomic E-state index is 0.00741. The lowest BCUT2D eigenvalue weighted by Crippen LogP contribution is -2.44.